The Morgan fingerprint density at radius 1 is 1.07 bits per heavy atom. The van der Waals surface area contributed by atoms with Crippen LogP contribution in [0.4, 0.5) is 5.82 Å². The molecule has 1 atom stereocenters. The van der Waals surface area contributed by atoms with Crippen molar-refractivity contribution in [2.75, 3.05) is 11.9 Å². The summed E-state index contributed by atoms with van der Waals surface area (Å²) in [6.07, 6.45) is 1.54. The third-order valence-corrected chi connectivity index (χ3v) is 6.32. The van der Waals surface area contributed by atoms with Crippen LogP contribution in [0.1, 0.15) is 33.5 Å². The van der Waals surface area contributed by atoms with Crippen molar-refractivity contribution >= 4 is 29.3 Å². The summed E-state index contributed by atoms with van der Waals surface area (Å²) in [5.74, 6) is -1.16. The van der Waals surface area contributed by atoms with Crippen molar-refractivity contribution in [2.24, 2.45) is 0 Å². The average molecular weight is 572 g/mol. The van der Waals surface area contributed by atoms with Gasteiger partial charge < -0.3 is 25.6 Å². The molecule has 2 heterocycles. The first-order valence-electron chi connectivity index (χ1n) is 12.6. The molecule has 41 heavy (non-hydrogen) atoms. The third kappa shape index (κ3) is 8.09. The first-order valence-corrected chi connectivity index (χ1v) is 12.9. The van der Waals surface area contributed by atoms with E-state index >= 15 is 0 Å². The summed E-state index contributed by atoms with van der Waals surface area (Å²) in [4.78, 5) is 32.5. The number of aromatic nitrogens is 2. The molecular formula is C30H26ClN5O5. The number of carboxylic acids is 1. The lowest BCUT2D eigenvalue weighted by Gasteiger charge is -2.15. The fourth-order valence-corrected chi connectivity index (χ4v) is 4.28. The zero-order valence-corrected chi connectivity index (χ0v) is 22.5. The van der Waals surface area contributed by atoms with Crippen LogP contribution in [-0.4, -0.2) is 44.7 Å². The number of carboxylic acid groups (broad SMARTS) is 1. The quantitative estimate of drug-likeness (QED) is 0.193. The molecule has 2 aromatic carbocycles. The van der Waals surface area contributed by atoms with Crippen LogP contribution in [0.3, 0.4) is 0 Å². The van der Waals surface area contributed by atoms with Crippen LogP contribution < -0.4 is 15.4 Å². The number of rotatable bonds is 12. The van der Waals surface area contributed by atoms with Gasteiger partial charge in [0.05, 0.1) is 28.7 Å². The van der Waals surface area contributed by atoms with E-state index in [4.69, 9.17) is 26.7 Å². The molecule has 0 bridgehead atoms. The molecule has 10 nitrogen and oxygen atoms in total. The Kier molecular flexibility index (Phi) is 9.96. The Morgan fingerprint density at radius 2 is 1.88 bits per heavy atom. The average Bonchev–Trinajstić information content (AvgIpc) is 2.97. The van der Waals surface area contributed by atoms with Gasteiger partial charge >= 0.3 is 5.97 Å². The number of nitrogens with one attached hydrogen (secondary N) is 2. The topological polar surface area (TPSA) is 157 Å². The summed E-state index contributed by atoms with van der Waals surface area (Å²) in [5.41, 5.74) is 3.48. The maximum absolute atomic E-state index is 13.2. The van der Waals surface area contributed by atoms with Crippen LogP contribution in [0.25, 0.3) is 11.1 Å². The van der Waals surface area contributed by atoms with Gasteiger partial charge in [0.15, 0.2) is 0 Å². The van der Waals surface area contributed by atoms with E-state index in [1.807, 2.05) is 42.5 Å². The van der Waals surface area contributed by atoms with Gasteiger partial charge in [-0.1, -0.05) is 54.1 Å². The highest BCUT2D eigenvalue weighted by Crippen LogP contribution is 2.31. The smallest absolute Gasteiger partial charge is 0.306 e. The highest BCUT2D eigenvalue weighted by molar-refractivity contribution is 6.37. The number of carbonyl (C=O) groups is 2. The molecule has 4 aromatic rings. The molecule has 0 saturated heterocycles. The number of nitriles is 1. The van der Waals surface area contributed by atoms with Gasteiger partial charge in [0.2, 0.25) is 5.88 Å². The highest BCUT2D eigenvalue weighted by atomic mass is 35.5. The summed E-state index contributed by atoms with van der Waals surface area (Å²) in [6, 6.07) is 21.7. The van der Waals surface area contributed by atoms with Gasteiger partial charge in [-0.3, -0.25) is 14.6 Å². The number of aliphatic carboxylic acids is 1. The number of amides is 1. The van der Waals surface area contributed by atoms with E-state index < -0.39 is 24.4 Å². The number of halogens is 1. The lowest BCUT2D eigenvalue weighted by atomic mass is 10.0. The lowest BCUT2D eigenvalue weighted by Crippen LogP contribution is -2.28. The van der Waals surface area contributed by atoms with Gasteiger partial charge in [-0.15, -0.1) is 0 Å². The van der Waals surface area contributed by atoms with Crippen LogP contribution in [0, 0.1) is 11.3 Å². The van der Waals surface area contributed by atoms with E-state index in [9.17, 15) is 14.7 Å². The number of benzene rings is 2. The summed E-state index contributed by atoms with van der Waals surface area (Å²) in [5, 5.41) is 33.9. The molecule has 4 rings (SSSR count). The van der Waals surface area contributed by atoms with Crippen molar-refractivity contribution in [3.05, 3.63) is 106 Å². The molecule has 11 heteroatoms. The molecule has 0 unspecified atom stereocenters. The molecule has 0 fully saturated rings. The maximum atomic E-state index is 13.2. The van der Waals surface area contributed by atoms with Crippen LogP contribution in [0.15, 0.2) is 79.1 Å². The predicted molar refractivity (Wildman–Crippen MR) is 152 cm³/mol. The van der Waals surface area contributed by atoms with Gasteiger partial charge in [0.25, 0.3) is 5.91 Å². The Bertz CT molecular complexity index is 1580. The third-order valence-electron chi connectivity index (χ3n) is 5.91. The van der Waals surface area contributed by atoms with Gasteiger partial charge in [0, 0.05) is 42.2 Å². The van der Waals surface area contributed by atoms with E-state index in [1.165, 1.54) is 6.20 Å². The highest BCUT2D eigenvalue weighted by Gasteiger charge is 2.17. The van der Waals surface area contributed by atoms with Crippen LogP contribution in [-0.2, 0) is 17.9 Å². The van der Waals surface area contributed by atoms with Crippen LogP contribution >= 0.6 is 11.6 Å². The number of hydrogen-bond donors (Lipinski definition) is 4. The zero-order valence-electron chi connectivity index (χ0n) is 21.8. The SMILES string of the molecule is N#Cc1cncc(COc2nc(NC(=O)c3cccc(-c4ccccc4)c3Cl)ccc2CNC[C@@H](O)CC(=O)O)c1. The molecule has 1 amide bonds. The minimum atomic E-state index is -1.10. The fourth-order valence-electron chi connectivity index (χ4n) is 3.96. The lowest BCUT2D eigenvalue weighted by molar-refractivity contribution is -0.139. The van der Waals surface area contributed by atoms with Crippen LogP contribution in [0.5, 0.6) is 5.88 Å². The van der Waals surface area contributed by atoms with Gasteiger partial charge in [-0.05, 0) is 29.8 Å². The number of hydrogen-bond acceptors (Lipinski definition) is 8. The van der Waals surface area contributed by atoms with E-state index in [2.05, 4.69) is 20.6 Å². The predicted octanol–water partition coefficient (Wildman–Crippen LogP) is 4.43. The minimum absolute atomic E-state index is 0.0363. The van der Waals surface area contributed by atoms with Gasteiger partial charge in [0.1, 0.15) is 18.5 Å². The number of carbonyl (C=O) groups excluding carboxylic acids is 1. The second-order valence-electron chi connectivity index (χ2n) is 9.01. The number of anilines is 1. The summed E-state index contributed by atoms with van der Waals surface area (Å²) >= 11 is 6.62. The molecule has 0 aliphatic carbocycles. The molecule has 0 spiro atoms. The van der Waals surface area contributed by atoms with Crippen LogP contribution in [0.2, 0.25) is 5.02 Å². The zero-order chi connectivity index (χ0) is 29.2. The molecule has 2 aromatic heterocycles. The van der Waals surface area contributed by atoms with Gasteiger partial charge in [-0.25, -0.2) is 0 Å². The number of pyridine rings is 2. The summed E-state index contributed by atoms with van der Waals surface area (Å²) < 4.78 is 5.94. The largest absolute Gasteiger partial charge is 0.481 e. The van der Waals surface area contributed by atoms with Crippen molar-refractivity contribution in [3.63, 3.8) is 0 Å². The van der Waals surface area contributed by atoms with Crippen molar-refractivity contribution in [2.45, 2.75) is 25.7 Å². The van der Waals surface area contributed by atoms with E-state index in [1.54, 1.807) is 36.5 Å². The monoisotopic (exact) mass is 571 g/mol. The Balaban J connectivity index is 1.54. The Hall–Kier alpha value is -4.82. The normalized spacial score (nSPS) is 11.3. The number of aliphatic hydroxyl groups excluding tert-OH is 1. The molecule has 4 N–H and O–H groups in total. The summed E-state index contributed by atoms with van der Waals surface area (Å²) in [6.45, 7) is 0.287. The molecular weight excluding hydrogens is 546 g/mol. The Labute approximate surface area is 241 Å². The molecule has 0 aliphatic heterocycles. The van der Waals surface area contributed by atoms with Crippen molar-refractivity contribution in [3.8, 4) is 23.1 Å². The number of nitrogens with zero attached hydrogens (tertiary/aromatic N) is 3. The van der Waals surface area contributed by atoms with E-state index in [0.717, 1.165) is 11.1 Å². The summed E-state index contributed by atoms with van der Waals surface area (Å²) in [7, 11) is 0. The molecule has 208 valence electrons. The molecule has 0 aliphatic rings. The van der Waals surface area contributed by atoms with Crippen molar-refractivity contribution in [1.82, 2.24) is 15.3 Å². The minimum Gasteiger partial charge on any atom is -0.481 e. The second-order valence-corrected chi connectivity index (χ2v) is 9.39. The first kappa shape index (κ1) is 29.2. The first-order chi connectivity index (χ1) is 19.8. The Morgan fingerprint density at radius 3 is 2.63 bits per heavy atom. The van der Waals surface area contributed by atoms with Gasteiger partial charge in [-0.2, -0.15) is 10.2 Å². The second kappa shape index (κ2) is 14.0. The number of aliphatic hydroxyl groups is 1. The fraction of sp³-hybridized carbons (Fsp3) is 0.167. The van der Waals surface area contributed by atoms with E-state index in [0.29, 0.717) is 21.7 Å². The maximum Gasteiger partial charge on any atom is 0.306 e. The molecule has 0 radical (unpaired) electrons. The van der Waals surface area contributed by atoms with E-state index in [-0.39, 0.29) is 37.0 Å². The molecule has 0 saturated carbocycles. The van der Waals surface area contributed by atoms with Crippen molar-refractivity contribution < 1.29 is 24.5 Å². The number of ether oxygens (including phenoxy) is 1. The standard InChI is InChI=1S/C30H26ClN5O5/c31-28-24(21-5-2-1-3-6-21)7-4-8-25(28)29(40)35-26-10-9-22(16-34-17-23(37)12-27(38)39)30(36-26)41-18-20-11-19(13-32)14-33-15-20/h1-11,14-15,23,34,37H,12,16-18H2,(H,38,39)(H,35,36,40)/t23-/m0/s1. The van der Waals surface area contributed by atoms with Crippen molar-refractivity contribution in [1.29, 1.82) is 5.26 Å².